The first-order chi connectivity index (χ1) is 6.09. The van der Waals surface area contributed by atoms with Gasteiger partial charge in [-0.25, -0.2) is 0 Å². The zero-order chi connectivity index (χ0) is 11.6. The van der Waals surface area contributed by atoms with Crippen molar-refractivity contribution in [3.63, 3.8) is 0 Å². The summed E-state index contributed by atoms with van der Waals surface area (Å²) in [5, 5.41) is 0. The molecule has 0 heterocycles. The highest BCUT2D eigenvalue weighted by Crippen LogP contribution is 2.34. The maximum Gasteiger partial charge on any atom is -0.0176 e. The highest BCUT2D eigenvalue weighted by Gasteiger charge is 2.22. The summed E-state index contributed by atoms with van der Waals surface area (Å²) in [7, 11) is 0. The quantitative estimate of drug-likeness (QED) is 0.542. The van der Waals surface area contributed by atoms with Crippen LogP contribution in [-0.2, 0) is 0 Å². The highest BCUT2D eigenvalue weighted by molar-refractivity contribution is 5.10. The van der Waals surface area contributed by atoms with E-state index >= 15 is 0 Å². The summed E-state index contributed by atoms with van der Waals surface area (Å²) in [4.78, 5) is 0. The summed E-state index contributed by atoms with van der Waals surface area (Å²) in [5.74, 6) is 0.696. The molecular formula is C14H28. The van der Waals surface area contributed by atoms with Crippen molar-refractivity contribution >= 4 is 0 Å². The Morgan fingerprint density at radius 3 is 1.71 bits per heavy atom. The van der Waals surface area contributed by atoms with Crippen molar-refractivity contribution in [1.82, 2.24) is 0 Å². The minimum Gasteiger partial charge on any atom is -0.0815 e. The van der Waals surface area contributed by atoms with E-state index in [4.69, 9.17) is 0 Å². The van der Waals surface area contributed by atoms with E-state index in [1.807, 2.05) is 0 Å². The van der Waals surface area contributed by atoms with Crippen LogP contribution in [0.5, 0.6) is 0 Å². The van der Waals surface area contributed by atoms with Gasteiger partial charge < -0.3 is 0 Å². The molecule has 0 spiro atoms. The molecule has 0 saturated carbocycles. The van der Waals surface area contributed by atoms with Gasteiger partial charge in [0.05, 0.1) is 0 Å². The fourth-order valence-corrected chi connectivity index (χ4v) is 1.53. The van der Waals surface area contributed by atoms with Crippen LogP contribution in [-0.4, -0.2) is 0 Å². The molecule has 0 aliphatic heterocycles. The molecule has 0 bridgehead atoms. The largest absolute Gasteiger partial charge is 0.0815 e. The zero-order valence-electron chi connectivity index (χ0n) is 11.4. The second kappa shape index (κ2) is 4.51. The predicted octanol–water partition coefficient (Wildman–Crippen LogP) is 5.05. The van der Waals surface area contributed by atoms with Crippen molar-refractivity contribution in [1.29, 1.82) is 0 Å². The topological polar surface area (TPSA) is 0 Å². The molecule has 0 saturated heterocycles. The van der Waals surface area contributed by atoms with Gasteiger partial charge in [0, 0.05) is 0 Å². The fraction of sp³-hybridized carbons (Fsp3) is 0.857. The first-order valence-corrected chi connectivity index (χ1v) is 5.78. The Labute approximate surface area is 90.8 Å². The van der Waals surface area contributed by atoms with Gasteiger partial charge in [-0.3, -0.25) is 0 Å². The minimum atomic E-state index is 0.318. The lowest BCUT2D eigenvalue weighted by Crippen LogP contribution is -2.19. The number of hydrogen-bond donors (Lipinski definition) is 0. The second-order valence-electron chi connectivity index (χ2n) is 6.48. The molecule has 0 aromatic heterocycles. The Morgan fingerprint density at radius 1 is 1.07 bits per heavy atom. The molecule has 0 aromatic rings. The first kappa shape index (κ1) is 13.7. The summed E-state index contributed by atoms with van der Waals surface area (Å²) in [6.45, 7) is 18.4. The summed E-state index contributed by atoms with van der Waals surface area (Å²) in [5.41, 5.74) is 2.22. The van der Waals surface area contributed by atoms with Crippen LogP contribution in [0.3, 0.4) is 0 Å². The standard InChI is InChI=1S/C14H28/c1-9-12(14(6,7)8)10-11(2)13(3,4)5/h10,12H,9H2,1-8H3/b11-10+. The lowest BCUT2D eigenvalue weighted by Gasteiger charge is -2.30. The SMILES string of the molecule is CCC(/C=C(\C)C(C)(C)C)C(C)(C)C. The third-order valence-corrected chi connectivity index (χ3v) is 3.19. The smallest absolute Gasteiger partial charge is 0.0176 e. The van der Waals surface area contributed by atoms with Gasteiger partial charge in [-0.15, -0.1) is 0 Å². The van der Waals surface area contributed by atoms with E-state index in [2.05, 4.69) is 61.5 Å². The number of hydrogen-bond acceptors (Lipinski definition) is 0. The Bertz CT molecular complexity index is 195. The van der Waals surface area contributed by atoms with Gasteiger partial charge in [-0.2, -0.15) is 0 Å². The van der Waals surface area contributed by atoms with Crippen molar-refractivity contribution in [3.05, 3.63) is 11.6 Å². The van der Waals surface area contributed by atoms with E-state index in [-0.39, 0.29) is 0 Å². The Kier molecular flexibility index (Phi) is 4.42. The Hall–Kier alpha value is -0.260. The maximum atomic E-state index is 2.47. The lowest BCUT2D eigenvalue weighted by molar-refractivity contribution is 0.282. The van der Waals surface area contributed by atoms with Gasteiger partial charge in [-0.1, -0.05) is 60.1 Å². The number of rotatable bonds is 2. The van der Waals surface area contributed by atoms with Gasteiger partial charge in [0.15, 0.2) is 0 Å². The van der Waals surface area contributed by atoms with E-state index < -0.39 is 0 Å². The molecule has 0 rings (SSSR count). The Balaban J connectivity index is 4.77. The maximum absolute atomic E-state index is 2.47. The van der Waals surface area contributed by atoms with Crippen LogP contribution in [0.4, 0.5) is 0 Å². The summed E-state index contributed by atoms with van der Waals surface area (Å²) in [6.07, 6.45) is 3.71. The van der Waals surface area contributed by atoms with Gasteiger partial charge >= 0.3 is 0 Å². The summed E-state index contributed by atoms with van der Waals surface area (Å²) < 4.78 is 0. The van der Waals surface area contributed by atoms with E-state index in [1.54, 1.807) is 0 Å². The minimum absolute atomic E-state index is 0.318. The molecule has 14 heavy (non-hydrogen) atoms. The van der Waals surface area contributed by atoms with E-state index in [9.17, 15) is 0 Å². The highest BCUT2D eigenvalue weighted by atomic mass is 14.3. The van der Waals surface area contributed by atoms with Crippen molar-refractivity contribution in [2.75, 3.05) is 0 Å². The average Bonchev–Trinajstić information content (AvgIpc) is 1.95. The average molecular weight is 196 g/mol. The molecule has 0 aromatic carbocycles. The molecule has 0 amide bonds. The fourth-order valence-electron chi connectivity index (χ4n) is 1.53. The van der Waals surface area contributed by atoms with E-state index in [0.29, 0.717) is 16.7 Å². The molecular weight excluding hydrogens is 168 g/mol. The summed E-state index contributed by atoms with van der Waals surface area (Å²) in [6, 6.07) is 0. The Morgan fingerprint density at radius 2 is 1.50 bits per heavy atom. The second-order valence-corrected chi connectivity index (χ2v) is 6.48. The molecule has 0 N–H and O–H groups in total. The van der Waals surface area contributed by atoms with E-state index in [1.165, 1.54) is 12.0 Å². The third kappa shape index (κ3) is 4.30. The van der Waals surface area contributed by atoms with Crippen LogP contribution in [0.25, 0.3) is 0 Å². The normalized spacial score (nSPS) is 17.0. The van der Waals surface area contributed by atoms with Crippen LogP contribution in [0.15, 0.2) is 11.6 Å². The van der Waals surface area contributed by atoms with Gasteiger partial charge in [0.2, 0.25) is 0 Å². The van der Waals surface area contributed by atoms with E-state index in [0.717, 1.165) is 0 Å². The molecule has 0 nitrogen and oxygen atoms in total. The van der Waals surface area contributed by atoms with Gasteiger partial charge in [0.1, 0.15) is 0 Å². The molecule has 0 heteroatoms. The lowest BCUT2D eigenvalue weighted by atomic mass is 9.75. The molecule has 0 radical (unpaired) electrons. The molecule has 1 unspecified atom stereocenters. The molecule has 84 valence electrons. The van der Waals surface area contributed by atoms with Crippen LogP contribution in [0.2, 0.25) is 0 Å². The molecule has 0 aliphatic carbocycles. The molecule has 0 fully saturated rings. The zero-order valence-corrected chi connectivity index (χ0v) is 11.4. The van der Waals surface area contributed by atoms with Crippen molar-refractivity contribution < 1.29 is 0 Å². The summed E-state index contributed by atoms with van der Waals surface area (Å²) >= 11 is 0. The van der Waals surface area contributed by atoms with Crippen molar-refractivity contribution in [2.45, 2.75) is 61.8 Å². The van der Waals surface area contributed by atoms with Gasteiger partial charge in [-0.05, 0) is 30.1 Å². The molecule has 1 atom stereocenters. The van der Waals surface area contributed by atoms with Crippen molar-refractivity contribution in [3.8, 4) is 0 Å². The van der Waals surface area contributed by atoms with Crippen LogP contribution in [0.1, 0.15) is 61.8 Å². The number of allylic oxidation sites excluding steroid dienone is 2. The monoisotopic (exact) mass is 196 g/mol. The predicted molar refractivity (Wildman–Crippen MR) is 66.4 cm³/mol. The van der Waals surface area contributed by atoms with Crippen molar-refractivity contribution in [2.24, 2.45) is 16.7 Å². The van der Waals surface area contributed by atoms with Gasteiger partial charge in [0.25, 0.3) is 0 Å². The first-order valence-electron chi connectivity index (χ1n) is 5.78. The molecule has 0 aliphatic rings. The third-order valence-electron chi connectivity index (χ3n) is 3.19. The van der Waals surface area contributed by atoms with Crippen LogP contribution in [0, 0.1) is 16.7 Å². The van der Waals surface area contributed by atoms with Crippen LogP contribution < -0.4 is 0 Å². The van der Waals surface area contributed by atoms with Crippen LogP contribution >= 0.6 is 0 Å².